The standard InChI is InChI=1S/C24H25NO/c1-19(21-12-6-3-7-13-21)25-18-26-24-15-9-8-14-22(24)23(25)17-16-20-10-4-2-5-11-20/h2-15,19,23H,16-18H2,1H3/t19-,23-/m1/s1. The van der Waals surface area contributed by atoms with Crippen molar-refractivity contribution in [2.24, 2.45) is 0 Å². The molecule has 0 saturated carbocycles. The number of para-hydroxylation sites is 1. The number of nitrogens with zero attached hydrogens (tertiary/aromatic N) is 1. The third-order valence-corrected chi connectivity index (χ3v) is 5.38. The summed E-state index contributed by atoms with van der Waals surface area (Å²) in [5.41, 5.74) is 4.03. The molecule has 26 heavy (non-hydrogen) atoms. The smallest absolute Gasteiger partial charge is 0.143 e. The molecule has 2 heteroatoms. The molecule has 2 atom stereocenters. The van der Waals surface area contributed by atoms with Gasteiger partial charge in [0, 0.05) is 17.6 Å². The van der Waals surface area contributed by atoms with Gasteiger partial charge in [0.25, 0.3) is 0 Å². The number of ether oxygens (including phenoxy) is 1. The van der Waals surface area contributed by atoms with Crippen LogP contribution in [0.2, 0.25) is 0 Å². The summed E-state index contributed by atoms with van der Waals surface area (Å²) >= 11 is 0. The Morgan fingerprint density at radius 2 is 1.54 bits per heavy atom. The number of hydrogen-bond acceptors (Lipinski definition) is 2. The zero-order valence-corrected chi connectivity index (χ0v) is 15.2. The fourth-order valence-electron chi connectivity index (χ4n) is 3.87. The van der Waals surface area contributed by atoms with Crippen molar-refractivity contribution in [2.75, 3.05) is 6.73 Å². The Labute approximate surface area is 156 Å². The molecule has 132 valence electrons. The van der Waals surface area contributed by atoms with Crippen LogP contribution in [0.5, 0.6) is 5.75 Å². The molecular weight excluding hydrogens is 318 g/mol. The number of fused-ring (bicyclic) bond motifs is 1. The summed E-state index contributed by atoms with van der Waals surface area (Å²) in [6.07, 6.45) is 2.15. The maximum Gasteiger partial charge on any atom is 0.143 e. The van der Waals surface area contributed by atoms with Gasteiger partial charge in [-0.3, -0.25) is 4.90 Å². The third kappa shape index (κ3) is 3.51. The maximum atomic E-state index is 6.09. The van der Waals surface area contributed by atoms with Gasteiger partial charge in [-0.1, -0.05) is 78.9 Å². The molecule has 0 unspecified atom stereocenters. The normalized spacial score (nSPS) is 18.0. The topological polar surface area (TPSA) is 12.5 Å². The van der Waals surface area contributed by atoms with Gasteiger partial charge in [-0.2, -0.15) is 0 Å². The van der Waals surface area contributed by atoms with Gasteiger partial charge in [0.2, 0.25) is 0 Å². The predicted molar refractivity (Wildman–Crippen MR) is 106 cm³/mol. The molecule has 0 radical (unpaired) electrons. The molecule has 3 aromatic rings. The minimum absolute atomic E-state index is 0.310. The zero-order chi connectivity index (χ0) is 17.8. The van der Waals surface area contributed by atoms with Crippen molar-refractivity contribution in [3.63, 3.8) is 0 Å². The van der Waals surface area contributed by atoms with E-state index in [4.69, 9.17) is 4.74 Å². The summed E-state index contributed by atoms with van der Waals surface area (Å²) in [6.45, 7) is 2.91. The molecule has 0 saturated heterocycles. The van der Waals surface area contributed by atoms with Crippen LogP contribution in [-0.2, 0) is 6.42 Å². The lowest BCUT2D eigenvalue weighted by molar-refractivity contribution is 0.0214. The second-order valence-electron chi connectivity index (χ2n) is 6.95. The zero-order valence-electron chi connectivity index (χ0n) is 15.2. The van der Waals surface area contributed by atoms with E-state index < -0.39 is 0 Å². The summed E-state index contributed by atoms with van der Waals surface area (Å²) in [7, 11) is 0. The van der Waals surface area contributed by atoms with E-state index in [1.807, 2.05) is 0 Å². The fourth-order valence-corrected chi connectivity index (χ4v) is 3.87. The van der Waals surface area contributed by atoms with E-state index in [-0.39, 0.29) is 0 Å². The highest BCUT2D eigenvalue weighted by Crippen LogP contribution is 2.40. The van der Waals surface area contributed by atoms with Crippen LogP contribution in [0.15, 0.2) is 84.9 Å². The molecule has 4 rings (SSSR count). The average Bonchev–Trinajstić information content (AvgIpc) is 2.73. The summed E-state index contributed by atoms with van der Waals surface area (Å²) in [5, 5.41) is 0. The predicted octanol–water partition coefficient (Wildman–Crippen LogP) is 5.77. The Morgan fingerprint density at radius 1 is 0.885 bits per heavy atom. The Kier molecular flexibility index (Phi) is 5.03. The van der Waals surface area contributed by atoms with Crippen molar-refractivity contribution in [3.05, 3.63) is 102 Å². The molecule has 0 aromatic heterocycles. The lowest BCUT2D eigenvalue weighted by Gasteiger charge is -2.41. The molecule has 3 aromatic carbocycles. The van der Waals surface area contributed by atoms with E-state index in [2.05, 4.69) is 96.8 Å². The van der Waals surface area contributed by atoms with Gasteiger partial charge in [0.15, 0.2) is 0 Å². The van der Waals surface area contributed by atoms with E-state index in [0.29, 0.717) is 18.8 Å². The van der Waals surface area contributed by atoms with Gasteiger partial charge in [-0.05, 0) is 37.0 Å². The van der Waals surface area contributed by atoms with Crippen LogP contribution in [0.25, 0.3) is 0 Å². The first-order chi connectivity index (χ1) is 12.8. The van der Waals surface area contributed by atoms with Gasteiger partial charge in [0.05, 0.1) is 0 Å². The average molecular weight is 343 g/mol. The molecular formula is C24H25NO. The monoisotopic (exact) mass is 343 g/mol. The van der Waals surface area contributed by atoms with Gasteiger partial charge in [-0.15, -0.1) is 0 Å². The summed E-state index contributed by atoms with van der Waals surface area (Å²) in [6, 6.07) is 30.6. The molecule has 2 nitrogen and oxygen atoms in total. The van der Waals surface area contributed by atoms with Crippen LogP contribution in [0, 0.1) is 0 Å². The van der Waals surface area contributed by atoms with Crippen LogP contribution in [-0.4, -0.2) is 11.6 Å². The van der Waals surface area contributed by atoms with Crippen molar-refractivity contribution in [1.82, 2.24) is 4.90 Å². The van der Waals surface area contributed by atoms with Crippen molar-refractivity contribution < 1.29 is 4.74 Å². The maximum absolute atomic E-state index is 6.09. The Bertz CT molecular complexity index is 831. The highest BCUT2D eigenvalue weighted by atomic mass is 16.5. The molecule has 0 bridgehead atoms. The Balaban J connectivity index is 1.62. The molecule has 0 N–H and O–H groups in total. The molecule has 1 aliphatic heterocycles. The van der Waals surface area contributed by atoms with E-state index >= 15 is 0 Å². The van der Waals surface area contributed by atoms with Crippen LogP contribution in [0.3, 0.4) is 0 Å². The van der Waals surface area contributed by atoms with Gasteiger partial charge in [0.1, 0.15) is 12.5 Å². The largest absolute Gasteiger partial charge is 0.478 e. The molecule has 0 fully saturated rings. The minimum Gasteiger partial charge on any atom is -0.478 e. The van der Waals surface area contributed by atoms with Gasteiger partial charge < -0.3 is 4.74 Å². The first-order valence-corrected chi connectivity index (χ1v) is 9.39. The Morgan fingerprint density at radius 3 is 2.31 bits per heavy atom. The molecule has 0 spiro atoms. The Hall–Kier alpha value is -2.58. The number of benzene rings is 3. The number of rotatable bonds is 5. The van der Waals surface area contributed by atoms with Crippen LogP contribution in [0.1, 0.15) is 42.1 Å². The quantitative estimate of drug-likeness (QED) is 0.583. The molecule has 1 heterocycles. The lowest BCUT2D eigenvalue weighted by Crippen LogP contribution is -2.38. The minimum atomic E-state index is 0.310. The van der Waals surface area contributed by atoms with E-state index in [0.717, 1.165) is 18.6 Å². The highest BCUT2D eigenvalue weighted by Gasteiger charge is 2.31. The van der Waals surface area contributed by atoms with Crippen molar-refractivity contribution >= 4 is 0 Å². The first kappa shape index (κ1) is 16.9. The molecule has 0 amide bonds. The van der Waals surface area contributed by atoms with Gasteiger partial charge >= 0.3 is 0 Å². The van der Waals surface area contributed by atoms with Crippen LogP contribution >= 0.6 is 0 Å². The van der Waals surface area contributed by atoms with Crippen LogP contribution in [0.4, 0.5) is 0 Å². The SMILES string of the molecule is C[C@H](c1ccccc1)N1COc2ccccc2[C@H]1CCc1ccccc1. The van der Waals surface area contributed by atoms with Crippen molar-refractivity contribution in [1.29, 1.82) is 0 Å². The van der Waals surface area contributed by atoms with E-state index in [1.165, 1.54) is 16.7 Å². The first-order valence-electron chi connectivity index (χ1n) is 9.39. The third-order valence-electron chi connectivity index (χ3n) is 5.38. The van der Waals surface area contributed by atoms with E-state index in [9.17, 15) is 0 Å². The summed E-state index contributed by atoms with van der Waals surface area (Å²) < 4.78 is 6.09. The number of aryl methyl sites for hydroxylation is 1. The summed E-state index contributed by atoms with van der Waals surface area (Å²) in [4.78, 5) is 2.49. The van der Waals surface area contributed by atoms with E-state index in [1.54, 1.807) is 0 Å². The number of hydrogen-bond donors (Lipinski definition) is 0. The van der Waals surface area contributed by atoms with Crippen molar-refractivity contribution in [2.45, 2.75) is 31.8 Å². The van der Waals surface area contributed by atoms with Crippen molar-refractivity contribution in [3.8, 4) is 5.75 Å². The fraction of sp³-hybridized carbons (Fsp3) is 0.250. The summed E-state index contributed by atoms with van der Waals surface area (Å²) in [5.74, 6) is 1.03. The van der Waals surface area contributed by atoms with Crippen LogP contribution < -0.4 is 4.74 Å². The molecule has 0 aliphatic carbocycles. The highest BCUT2D eigenvalue weighted by molar-refractivity contribution is 5.38. The molecule has 1 aliphatic rings. The second kappa shape index (κ2) is 7.76. The second-order valence-corrected chi connectivity index (χ2v) is 6.95. The van der Waals surface area contributed by atoms with Gasteiger partial charge in [-0.25, -0.2) is 0 Å². The lowest BCUT2D eigenvalue weighted by atomic mass is 9.93.